The molecule has 0 aliphatic carbocycles. The van der Waals surface area contributed by atoms with Crippen molar-refractivity contribution in [3.05, 3.63) is 42.0 Å². The molecule has 0 saturated carbocycles. The molecule has 22 heavy (non-hydrogen) atoms. The highest BCUT2D eigenvalue weighted by atomic mass is 16.7. The Morgan fingerprint density at radius 2 is 1.68 bits per heavy atom. The molecule has 0 radical (unpaired) electrons. The normalized spacial score (nSPS) is 12.3. The third kappa shape index (κ3) is 3.64. The van der Waals surface area contributed by atoms with E-state index < -0.39 is 5.41 Å². The van der Waals surface area contributed by atoms with Gasteiger partial charge >= 0.3 is 5.97 Å². The molecule has 4 nitrogen and oxygen atoms in total. The van der Waals surface area contributed by atoms with Gasteiger partial charge in [0.15, 0.2) is 0 Å². The fourth-order valence-corrected chi connectivity index (χ4v) is 1.88. The van der Waals surface area contributed by atoms with Gasteiger partial charge in [-0.15, -0.1) is 0 Å². The van der Waals surface area contributed by atoms with Crippen molar-refractivity contribution in [1.29, 1.82) is 0 Å². The Morgan fingerprint density at radius 3 is 2.32 bits per heavy atom. The number of benzene rings is 2. The minimum Gasteiger partial charge on any atom is -0.497 e. The maximum absolute atomic E-state index is 11.7. The average Bonchev–Trinajstić information content (AvgIpc) is 2.50. The number of hydrogen-bond acceptors (Lipinski definition) is 4. The summed E-state index contributed by atoms with van der Waals surface area (Å²) in [6.07, 6.45) is 0. The van der Waals surface area contributed by atoms with Crippen LogP contribution in [0.5, 0.6) is 5.75 Å². The second-order valence-electron chi connectivity index (χ2n) is 6.23. The maximum atomic E-state index is 11.7. The van der Waals surface area contributed by atoms with E-state index >= 15 is 0 Å². The van der Waals surface area contributed by atoms with E-state index in [2.05, 4.69) is 5.16 Å². The number of hydrogen-bond donors (Lipinski definition) is 0. The molecular formula is C18H21NO3. The molecule has 0 atom stereocenters. The van der Waals surface area contributed by atoms with Crippen molar-refractivity contribution in [3.63, 3.8) is 0 Å². The second-order valence-corrected chi connectivity index (χ2v) is 6.23. The Labute approximate surface area is 130 Å². The molecule has 116 valence electrons. The van der Waals surface area contributed by atoms with Crippen molar-refractivity contribution in [3.8, 4) is 5.75 Å². The summed E-state index contributed by atoms with van der Waals surface area (Å²) in [5.41, 5.74) is 1.01. The SMILES string of the molecule is COc1ccc2cc(/C(C)=N/OC(=O)C(C)(C)C)ccc2c1. The zero-order valence-corrected chi connectivity index (χ0v) is 13.6. The zero-order chi connectivity index (χ0) is 16.3. The van der Waals surface area contributed by atoms with Crippen molar-refractivity contribution in [2.24, 2.45) is 10.6 Å². The summed E-state index contributed by atoms with van der Waals surface area (Å²) in [7, 11) is 1.65. The Balaban J connectivity index is 2.25. The molecule has 0 fully saturated rings. The molecule has 0 heterocycles. The van der Waals surface area contributed by atoms with Gasteiger partial charge in [0.1, 0.15) is 5.75 Å². The lowest BCUT2D eigenvalue weighted by Gasteiger charge is -2.13. The van der Waals surface area contributed by atoms with Crippen LogP contribution in [0.3, 0.4) is 0 Å². The Morgan fingerprint density at radius 1 is 1.05 bits per heavy atom. The molecule has 0 N–H and O–H groups in total. The van der Waals surface area contributed by atoms with Crippen molar-refractivity contribution < 1.29 is 14.4 Å². The number of carbonyl (C=O) groups is 1. The molecule has 0 amide bonds. The number of rotatable bonds is 3. The maximum Gasteiger partial charge on any atom is 0.340 e. The van der Waals surface area contributed by atoms with Gasteiger partial charge < -0.3 is 9.57 Å². The van der Waals surface area contributed by atoms with Crippen LogP contribution in [0, 0.1) is 5.41 Å². The van der Waals surface area contributed by atoms with E-state index in [9.17, 15) is 4.79 Å². The molecule has 0 unspecified atom stereocenters. The largest absolute Gasteiger partial charge is 0.497 e. The van der Waals surface area contributed by atoms with E-state index in [4.69, 9.17) is 9.57 Å². The van der Waals surface area contributed by atoms with Gasteiger partial charge in [-0.2, -0.15) is 0 Å². The Kier molecular flexibility index (Phi) is 4.50. The van der Waals surface area contributed by atoms with Crippen LogP contribution in [-0.4, -0.2) is 18.8 Å². The van der Waals surface area contributed by atoms with Gasteiger partial charge in [-0.3, -0.25) is 0 Å². The molecule has 0 bridgehead atoms. The van der Waals surface area contributed by atoms with Crippen LogP contribution in [0.4, 0.5) is 0 Å². The molecule has 2 aromatic carbocycles. The minimum absolute atomic E-state index is 0.350. The predicted molar refractivity (Wildman–Crippen MR) is 88.3 cm³/mol. The standard InChI is InChI=1S/C18H21NO3/c1-12(19-22-17(20)18(2,3)4)13-6-7-15-11-16(21-5)9-8-14(15)10-13/h6-11H,1-5H3/b19-12+. The van der Waals surface area contributed by atoms with E-state index in [-0.39, 0.29) is 5.97 Å². The van der Waals surface area contributed by atoms with E-state index in [1.54, 1.807) is 27.9 Å². The van der Waals surface area contributed by atoms with Gasteiger partial charge in [0.05, 0.1) is 18.2 Å². The van der Waals surface area contributed by atoms with Gasteiger partial charge in [-0.25, -0.2) is 4.79 Å². The summed E-state index contributed by atoms with van der Waals surface area (Å²) in [4.78, 5) is 16.7. The van der Waals surface area contributed by atoms with Gasteiger partial charge in [-0.1, -0.05) is 23.4 Å². The highest BCUT2D eigenvalue weighted by Gasteiger charge is 2.23. The molecule has 2 rings (SSSR count). The van der Waals surface area contributed by atoms with Crippen LogP contribution in [-0.2, 0) is 9.63 Å². The van der Waals surface area contributed by atoms with Crippen LogP contribution in [0.15, 0.2) is 41.6 Å². The number of oxime groups is 1. The lowest BCUT2D eigenvalue weighted by molar-refractivity contribution is -0.152. The molecule has 0 aliphatic heterocycles. The quantitative estimate of drug-likeness (QED) is 0.485. The van der Waals surface area contributed by atoms with Gasteiger partial charge in [0, 0.05) is 0 Å². The molecule has 0 saturated heterocycles. The molecular weight excluding hydrogens is 278 g/mol. The van der Waals surface area contributed by atoms with Crippen molar-refractivity contribution in [2.45, 2.75) is 27.7 Å². The fraction of sp³-hybridized carbons (Fsp3) is 0.333. The topological polar surface area (TPSA) is 47.9 Å². The van der Waals surface area contributed by atoms with Crippen LogP contribution in [0.1, 0.15) is 33.3 Å². The lowest BCUT2D eigenvalue weighted by atomic mass is 9.98. The number of carbonyl (C=O) groups excluding carboxylic acids is 1. The van der Waals surface area contributed by atoms with E-state index in [1.165, 1.54) is 0 Å². The first-order valence-corrected chi connectivity index (χ1v) is 7.15. The summed E-state index contributed by atoms with van der Waals surface area (Å²) in [5.74, 6) is 0.474. The smallest absolute Gasteiger partial charge is 0.340 e. The van der Waals surface area contributed by atoms with E-state index in [1.807, 2.05) is 43.3 Å². The number of methoxy groups -OCH3 is 1. The molecule has 0 aliphatic rings. The molecule has 0 aromatic heterocycles. The van der Waals surface area contributed by atoms with Crippen molar-refractivity contribution in [2.75, 3.05) is 7.11 Å². The Hall–Kier alpha value is -2.36. The second kappa shape index (κ2) is 6.18. The van der Waals surface area contributed by atoms with Crippen molar-refractivity contribution >= 4 is 22.5 Å². The first-order valence-electron chi connectivity index (χ1n) is 7.15. The fourth-order valence-electron chi connectivity index (χ4n) is 1.88. The van der Waals surface area contributed by atoms with Crippen LogP contribution in [0.2, 0.25) is 0 Å². The van der Waals surface area contributed by atoms with Gasteiger partial charge in [0.2, 0.25) is 0 Å². The molecule has 2 aromatic rings. The lowest BCUT2D eigenvalue weighted by Crippen LogP contribution is -2.21. The van der Waals surface area contributed by atoms with Gasteiger partial charge in [-0.05, 0) is 62.2 Å². The summed E-state index contributed by atoms with van der Waals surface area (Å²) < 4.78 is 5.22. The monoisotopic (exact) mass is 299 g/mol. The number of ether oxygens (including phenoxy) is 1. The third-order valence-electron chi connectivity index (χ3n) is 3.34. The number of nitrogens with zero attached hydrogens (tertiary/aromatic N) is 1. The van der Waals surface area contributed by atoms with Crippen molar-refractivity contribution in [1.82, 2.24) is 0 Å². The van der Waals surface area contributed by atoms with Crippen LogP contribution < -0.4 is 4.74 Å². The third-order valence-corrected chi connectivity index (χ3v) is 3.34. The van der Waals surface area contributed by atoms with Crippen LogP contribution >= 0.6 is 0 Å². The Bertz CT molecular complexity index is 727. The van der Waals surface area contributed by atoms with E-state index in [0.29, 0.717) is 5.71 Å². The first-order chi connectivity index (χ1) is 10.3. The molecule has 0 spiro atoms. The first kappa shape index (κ1) is 16.0. The minimum atomic E-state index is -0.566. The van der Waals surface area contributed by atoms with Crippen LogP contribution in [0.25, 0.3) is 10.8 Å². The summed E-state index contributed by atoms with van der Waals surface area (Å²) >= 11 is 0. The number of fused-ring (bicyclic) bond motifs is 1. The summed E-state index contributed by atoms with van der Waals surface area (Å²) in [6, 6.07) is 11.8. The molecule has 4 heteroatoms. The average molecular weight is 299 g/mol. The summed E-state index contributed by atoms with van der Waals surface area (Å²) in [6.45, 7) is 7.21. The zero-order valence-electron chi connectivity index (χ0n) is 13.6. The highest BCUT2D eigenvalue weighted by Crippen LogP contribution is 2.22. The van der Waals surface area contributed by atoms with E-state index in [0.717, 1.165) is 22.1 Å². The highest BCUT2D eigenvalue weighted by molar-refractivity contribution is 6.02. The predicted octanol–water partition coefficient (Wildman–Crippen LogP) is 4.16. The van der Waals surface area contributed by atoms with Gasteiger partial charge in [0.25, 0.3) is 0 Å². The summed E-state index contributed by atoms with van der Waals surface area (Å²) in [5, 5.41) is 6.11.